The minimum atomic E-state index is -0.735. The van der Waals surface area contributed by atoms with Crippen LogP contribution in [0.4, 0.5) is 17.1 Å². The van der Waals surface area contributed by atoms with Crippen molar-refractivity contribution in [1.29, 1.82) is 0 Å². The van der Waals surface area contributed by atoms with E-state index < -0.39 is 15.5 Å². The summed E-state index contributed by atoms with van der Waals surface area (Å²) >= 11 is 0. The monoisotopic (exact) mass is 306 g/mol. The lowest BCUT2D eigenvalue weighted by molar-refractivity contribution is -0.393. The van der Waals surface area contributed by atoms with Crippen LogP contribution in [0.5, 0.6) is 0 Å². The molecule has 2 rings (SSSR count). The lowest BCUT2D eigenvalue weighted by Gasteiger charge is -2.02. The van der Waals surface area contributed by atoms with Crippen molar-refractivity contribution in [3.63, 3.8) is 0 Å². The number of nitrogens with one attached hydrogen (secondary N) is 1. The zero-order chi connectivity index (χ0) is 16.3. The molecule has 1 heterocycles. The van der Waals surface area contributed by atoms with Crippen molar-refractivity contribution in [2.24, 2.45) is 12.1 Å². The van der Waals surface area contributed by atoms with E-state index >= 15 is 0 Å². The molecule has 1 aromatic carbocycles. The molecule has 12 nitrogen and oxygen atoms in total. The summed E-state index contributed by atoms with van der Waals surface area (Å²) in [6, 6.07) is 3.20. The second kappa shape index (κ2) is 5.90. The second-order valence-electron chi connectivity index (χ2n) is 4.13. The van der Waals surface area contributed by atoms with Crippen LogP contribution >= 0.6 is 0 Å². The number of nitrogens with zero attached hydrogens (tertiary/aromatic N) is 7. The smallest absolute Gasteiger partial charge is 0.271 e. The molecule has 0 saturated carbocycles. The number of hydrogen-bond donors (Lipinski definition) is 1. The largest absolute Gasteiger partial charge is 0.301 e. The Balaban J connectivity index is 2.29. The molecule has 0 atom stereocenters. The fourth-order valence-corrected chi connectivity index (χ4v) is 1.50. The molecule has 0 aliphatic rings. The van der Waals surface area contributed by atoms with Crippen LogP contribution in [0.3, 0.4) is 0 Å². The summed E-state index contributed by atoms with van der Waals surface area (Å²) in [5.74, 6) is 0.250. The van der Waals surface area contributed by atoms with Gasteiger partial charge in [-0.15, -0.1) is 10.2 Å². The number of benzene rings is 1. The number of nitro groups is 2. The van der Waals surface area contributed by atoms with E-state index in [0.29, 0.717) is 5.71 Å². The molecule has 2 aromatic rings. The summed E-state index contributed by atoms with van der Waals surface area (Å²) in [5.41, 5.74) is 1.99. The van der Waals surface area contributed by atoms with Gasteiger partial charge in [0.2, 0.25) is 5.82 Å². The van der Waals surface area contributed by atoms with E-state index in [1.165, 1.54) is 10.9 Å². The highest BCUT2D eigenvalue weighted by Gasteiger charge is 2.19. The van der Waals surface area contributed by atoms with Crippen LogP contribution in [0.1, 0.15) is 12.7 Å². The summed E-state index contributed by atoms with van der Waals surface area (Å²) in [6.07, 6.45) is 0. The van der Waals surface area contributed by atoms with Crippen molar-refractivity contribution >= 4 is 22.8 Å². The summed E-state index contributed by atoms with van der Waals surface area (Å²) in [7, 11) is 1.58. The van der Waals surface area contributed by atoms with Crippen LogP contribution in [0, 0.1) is 20.2 Å². The fraction of sp³-hybridized carbons (Fsp3) is 0.200. The number of rotatable bonds is 5. The van der Waals surface area contributed by atoms with Gasteiger partial charge in [0.1, 0.15) is 11.4 Å². The lowest BCUT2D eigenvalue weighted by atomic mass is 10.2. The molecule has 0 amide bonds. The summed E-state index contributed by atoms with van der Waals surface area (Å²) in [6.45, 7) is 1.58. The zero-order valence-electron chi connectivity index (χ0n) is 11.5. The Hall–Kier alpha value is -3.44. The van der Waals surface area contributed by atoms with Crippen LogP contribution in [0.15, 0.2) is 23.3 Å². The standard InChI is InChI=1S/C10H10N8O4/c1-6(10-13-15-16(2)14-10)11-12-8-4-3-7(17(19)20)5-9(8)18(21)22/h3-5,12H,1-2H3. The minimum absolute atomic E-state index is 0.0128. The predicted molar refractivity (Wildman–Crippen MR) is 74.4 cm³/mol. The minimum Gasteiger partial charge on any atom is -0.271 e. The van der Waals surface area contributed by atoms with Crippen molar-refractivity contribution in [3.8, 4) is 0 Å². The van der Waals surface area contributed by atoms with Gasteiger partial charge < -0.3 is 0 Å². The van der Waals surface area contributed by atoms with Crippen LogP contribution < -0.4 is 5.43 Å². The van der Waals surface area contributed by atoms with Gasteiger partial charge in [-0.05, 0) is 18.2 Å². The molecule has 0 radical (unpaired) electrons. The zero-order valence-corrected chi connectivity index (χ0v) is 11.5. The Labute approximate surface area is 122 Å². The molecule has 0 unspecified atom stereocenters. The number of hydrazone groups is 1. The first-order valence-electron chi connectivity index (χ1n) is 5.86. The van der Waals surface area contributed by atoms with Crippen LogP contribution in [-0.4, -0.2) is 35.8 Å². The molecular formula is C10H10N8O4. The molecule has 12 heteroatoms. The topological polar surface area (TPSA) is 154 Å². The molecule has 22 heavy (non-hydrogen) atoms. The number of nitro benzene ring substituents is 2. The second-order valence-corrected chi connectivity index (χ2v) is 4.13. The van der Waals surface area contributed by atoms with Crippen LogP contribution in [0.2, 0.25) is 0 Å². The number of non-ortho nitro benzene ring substituents is 1. The van der Waals surface area contributed by atoms with Crippen LogP contribution in [0.25, 0.3) is 0 Å². The Morgan fingerprint density at radius 1 is 1.32 bits per heavy atom. The normalized spacial score (nSPS) is 11.3. The van der Waals surface area contributed by atoms with Crippen molar-refractivity contribution < 1.29 is 9.85 Å². The Kier molecular flexibility index (Phi) is 4.01. The van der Waals surface area contributed by atoms with Gasteiger partial charge in [-0.25, -0.2) is 0 Å². The molecule has 0 aliphatic carbocycles. The lowest BCUT2D eigenvalue weighted by Crippen LogP contribution is -2.04. The van der Waals surface area contributed by atoms with Gasteiger partial charge in [-0.1, -0.05) is 0 Å². The molecule has 0 spiro atoms. The van der Waals surface area contributed by atoms with Crippen molar-refractivity contribution in [2.75, 3.05) is 5.43 Å². The van der Waals surface area contributed by atoms with Gasteiger partial charge in [0.15, 0.2) is 0 Å². The van der Waals surface area contributed by atoms with E-state index in [4.69, 9.17) is 0 Å². The Morgan fingerprint density at radius 3 is 2.59 bits per heavy atom. The molecule has 0 bridgehead atoms. The number of tetrazole rings is 1. The first-order chi connectivity index (χ1) is 10.4. The first-order valence-corrected chi connectivity index (χ1v) is 5.86. The number of anilines is 1. The van der Waals surface area contributed by atoms with Crippen molar-refractivity contribution in [1.82, 2.24) is 20.2 Å². The van der Waals surface area contributed by atoms with Crippen molar-refractivity contribution in [2.45, 2.75) is 6.92 Å². The maximum Gasteiger partial charge on any atom is 0.301 e. The fourth-order valence-electron chi connectivity index (χ4n) is 1.50. The van der Waals surface area contributed by atoms with E-state index in [9.17, 15) is 20.2 Å². The van der Waals surface area contributed by atoms with E-state index in [0.717, 1.165) is 12.1 Å². The first kappa shape index (κ1) is 15.0. The number of aromatic nitrogens is 4. The highest BCUT2D eigenvalue weighted by molar-refractivity contribution is 5.95. The maximum atomic E-state index is 11.0. The van der Waals surface area contributed by atoms with Crippen LogP contribution in [-0.2, 0) is 7.05 Å². The maximum absolute atomic E-state index is 11.0. The third-order valence-corrected chi connectivity index (χ3v) is 2.56. The quantitative estimate of drug-likeness (QED) is 0.484. The van der Waals surface area contributed by atoms with Gasteiger partial charge in [0.05, 0.1) is 23.0 Å². The molecule has 1 aromatic heterocycles. The molecule has 0 aliphatic heterocycles. The highest BCUT2D eigenvalue weighted by atomic mass is 16.6. The Bertz CT molecular complexity index is 768. The van der Waals surface area contributed by atoms with E-state index in [2.05, 4.69) is 25.9 Å². The molecule has 0 fully saturated rings. The average Bonchev–Trinajstić information content (AvgIpc) is 2.91. The third kappa shape index (κ3) is 3.17. The van der Waals surface area contributed by atoms with Gasteiger partial charge in [-0.3, -0.25) is 25.7 Å². The predicted octanol–water partition coefficient (Wildman–Crippen LogP) is 0.863. The molecule has 1 N–H and O–H groups in total. The summed E-state index contributed by atoms with van der Waals surface area (Å²) in [5, 5.41) is 36.8. The van der Waals surface area contributed by atoms with Crippen molar-refractivity contribution in [3.05, 3.63) is 44.3 Å². The molecule has 114 valence electrons. The number of aryl methyl sites for hydroxylation is 1. The van der Waals surface area contributed by atoms with Gasteiger partial charge in [0.25, 0.3) is 5.69 Å². The third-order valence-electron chi connectivity index (χ3n) is 2.56. The van der Waals surface area contributed by atoms with Gasteiger partial charge in [-0.2, -0.15) is 9.90 Å². The Morgan fingerprint density at radius 2 is 2.05 bits per heavy atom. The molecular weight excluding hydrogens is 296 g/mol. The summed E-state index contributed by atoms with van der Waals surface area (Å²) in [4.78, 5) is 21.4. The van der Waals surface area contributed by atoms with E-state index in [1.807, 2.05) is 0 Å². The average molecular weight is 306 g/mol. The summed E-state index contributed by atoms with van der Waals surface area (Å²) < 4.78 is 0. The number of hydrogen-bond acceptors (Lipinski definition) is 9. The van der Waals surface area contributed by atoms with E-state index in [-0.39, 0.29) is 17.2 Å². The highest BCUT2D eigenvalue weighted by Crippen LogP contribution is 2.28. The van der Waals surface area contributed by atoms with Gasteiger partial charge >= 0.3 is 5.69 Å². The van der Waals surface area contributed by atoms with Gasteiger partial charge in [0, 0.05) is 6.07 Å². The molecule has 0 saturated heterocycles. The van der Waals surface area contributed by atoms with E-state index in [1.54, 1.807) is 14.0 Å². The SMILES string of the molecule is CC(=NNc1ccc([N+](=O)[O-])cc1[N+](=O)[O-])c1nnn(C)n1.